The number of hydrogen-bond donors (Lipinski definition) is 0. The molecular formula is C18H23ClO2. The van der Waals surface area contributed by atoms with Crippen LogP contribution in [0.15, 0.2) is 18.2 Å². The van der Waals surface area contributed by atoms with Crippen molar-refractivity contribution in [2.24, 2.45) is 0 Å². The van der Waals surface area contributed by atoms with Crippen LogP contribution in [0.4, 0.5) is 0 Å². The van der Waals surface area contributed by atoms with Gasteiger partial charge in [0.05, 0.1) is 6.10 Å². The van der Waals surface area contributed by atoms with Gasteiger partial charge in [-0.1, -0.05) is 11.8 Å². The number of halogens is 1. The summed E-state index contributed by atoms with van der Waals surface area (Å²) in [5.41, 5.74) is 2.15. The molecule has 0 spiro atoms. The van der Waals surface area contributed by atoms with Crippen molar-refractivity contribution < 1.29 is 9.47 Å². The van der Waals surface area contributed by atoms with E-state index in [9.17, 15) is 0 Å². The Morgan fingerprint density at radius 1 is 1.29 bits per heavy atom. The number of aryl methyl sites for hydroxylation is 1. The predicted molar refractivity (Wildman–Crippen MR) is 87.1 cm³/mol. The Hall–Kier alpha value is -1.17. The summed E-state index contributed by atoms with van der Waals surface area (Å²) >= 11 is 5.62. The number of alkyl halides is 1. The van der Waals surface area contributed by atoms with E-state index in [1.54, 1.807) is 7.11 Å². The lowest BCUT2D eigenvalue weighted by atomic mass is 9.95. The topological polar surface area (TPSA) is 18.5 Å². The standard InChI is InChI=1S/C18H23ClO2/c1-14-12-15(6-3-4-11-19)9-10-18(14)21-17-8-5-7-16(13-17)20-2/h9-10,12,16-17H,4-5,7-8,11,13H2,1-2H3. The lowest BCUT2D eigenvalue weighted by Crippen LogP contribution is -2.29. The van der Waals surface area contributed by atoms with Crippen LogP contribution in [-0.4, -0.2) is 25.2 Å². The second kappa shape index (κ2) is 8.32. The Morgan fingerprint density at radius 3 is 2.81 bits per heavy atom. The van der Waals surface area contributed by atoms with Gasteiger partial charge in [-0.15, -0.1) is 11.6 Å². The predicted octanol–water partition coefficient (Wildman–Crippen LogP) is 4.31. The molecule has 0 aromatic heterocycles. The lowest BCUT2D eigenvalue weighted by molar-refractivity contribution is 0.0207. The molecule has 2 unspecified atom stereocenters. The van der Waals surface area contributed by atoms with E-state index in [4.69, 9.17) is 21.1 Å². The van der Waals surface area contributed by atoms with Crippen molar-refractivity contribution in [3.05, 3.63) is 29.3 Å². The zero-order chi connectivity index (χ0) is 15.1. The van der Waals surface area contributed by atoms with Crippen molar-refractivity contribution in [2.45, 2.75) is 51.2 Å². The number of hydrogen-bond acceptors (Lipinski definition) is 2. The van der Waals surface area contributed by atoms with E-state index in [0.717, 1.165) is 42.6 Å². The van der Waals surface area contributed by atoms with Crippen LogP contribution < -0.4 is 4.74 Å². The minimum Gasteiger partial charge on any atom is -0.490 e. The molecular weight excluding hydrogens is 284 g/mol. The Balaban J connectivity index is 1.99. The molecule has 2 rings (SSSR count). The van der Waals surface area contributed by atoms with Crippen LogP contribution in [0.3, 0.4) is 0 Å². The molecule has 1 aliphatic rings. The van der Waals surface area contributed by atoms with Crippen molar-refractivity contribution >= 4 is 11.6 Å². The number of rotatable bonds is 4. The molecule has 1 aromatic carbocycles. The van der Waals surface area contributed by atoms with Crippen molar-refractivity contribution in [3.8, 4) is 17.6 Å². The van der Waals surface area contributed by atoms with Crippen LogP contribution in [-0.2, 0) is 4.74 Å². The van der Waals surface area contributed by atoms with Gasteiger partial charge < -0.3 is 9.47 Å². The molecule has 1 fully saturated rings. The van der Waals surface area contributed by atoms with E-state index >= 15 is 0 Å². The molecule has 2 atom stereocenters. The summed E-state index contributed by atoms with van der Waals surface area (Å²) in [6.07, 6.45) is 5.72. The maximum atomic E-state index is 6.15. The van der Waals surface area contributed by atoms with E-state index in [1.165, 1.54) is 6.42 Å². The Morgan fingerprint density at radius 2 is 2.10 bits per heavy atom. The average molecular weight is 307 g/mol. The highest BCUT2D eigenvalue weighted by atomic mass is 35.5. The lowest BCUT2D eigenvalue weighted by Gasteiger charge is -2.29. The Labute approximate surface area is 132 Å². The van der Waals surface area contributed by atoms with Crippen molar-refractivity contribution in [3.63, 3.8) is 0 Å². The molecule has 0 heterocycles. The highest BCUT2D eigenvalue weighted by Gasteiger charge is 2.23. The third-order valence-corrected chi connectivity index (χ3v) is 4.02. The number of methoxy groups -OCH3 is 1. The zero-order valence-electron chi connectivity index (χ0n) is 12.8. The van der Waals surface area contributed by atoms with Crippen LogP contribution in [0.1, 0.15) is 43.2 Å². The van der Waals surface area contributed by atoms with Gasteiger partial charge in [0.2, 0.25) is 0 Å². The molecule has 0 saturated heterocycles. The third kappa shape index (κ3) is 4.95. The van der Waals surface area contributed by atoms with Crippen LogP contribution in [0.25, 0.3) is 0 Å². The van der Waals surface area contributed by atoms with Crippen LogP contribution in [0.5, 0.6) is 5.75 Å². The summed E-state index contributed by atoms with van der Waals surface area (Å²) in [5, 5.41) is 0. The Kier molecular flexibility index (Phi) is 6.42. The number of benzene rings is 1. The molecule has 1 saturated carbocycles. The summed E-state index contributed by atoms with van der Waals surface area (Å²) in [6.45, 7) is 2.07. The van der Waals surface area contributed by atoms with Gasteiger partial charge in [-0.2, -0.15) is 0 Å². The van der Waals surface area contributed by atoms with Gasteiger partial charge in [0.1, 0.15) is 11.9 Å². The Bertz CT molecular complexity index is 516. The molecule has 21 heavy (non-hydrogen) atoms. The summed E-state index contributed by atoms with van der Waals surface area (Å²) in [5.74, 6) is 7.71. The van der Waals surface area contributed by atoms with Gasteiger partial charge >= 0.3 is 0 Å². The summed E-state index contributed by atoms with van der Waals surface area (Å²) in [4.78, 5) is 0. The fraction of sp³-hybridized carbons (Fsp3) is 0.556. The van der Waals surface area contributed by atoms with E-state index in [0.29, 0.717) is 12.0 Å². The minimum absolute atomic E-state index is 0.260. The quantitative estimate of drug-likeness (QED) is 0.609. The SMILES string of the molecule is COC1CCCC(Oc2ccc(C#CCCCl)cc2C)C1. The molecule has 0 bridgehead atoms. The van der Waals surface area contributed by atoms with Crippen molar-refractivity contribution in [1.82, 2.24) is 0 Å². The smallest absolute Gasteiger partial charge is 0.122 e. The van der Waals surface area contributed by atoms with Gasteiger partial charge in [-0.3, -0.25) is 0 Å². The third-order valence-electron chi connectivity index (χ3n) is 3.83. The van der Waals surface area contributed by atoms with Gasteiger partial charge in [0, 0.05) is 31.4 Å². The van der Waals surface area contributed by atoms with Gasteiger partial charge in [-0.25, -0.2) is 0 Å². The fourth-order valence-electron chi connectivity index (χ4n) is 2.67. The van der Waals surface area contributed by atoms with E-state index in [-0.39, 0.29) is 6.10 Å². The average Bonchev–Trinajstić information content (AvgIpc) is 2.50. The summed E-state index contributed by atoms with van der Waals surface area (Å²) in [6, 6.07) is 6.11. The van der Waals surface area contributed by atoms with Crippen LogP contribution in [0, 0.1) is 18.8 Å². The molecule has 0 aliphatic heterocycles. The van der Waals surface area contributed by atoms with Crippen LogP contribution >= 0.6 is 11.6 Å². The fourth-order valence-corrected chi connectivity index (χ4v) is 2.77. The molecule has 114 valence electrons. The first kappa shape index (κ1) is 16.2. The van der Waals surface area contributed by atoms with Gasteiger partial charge in [0.25, 0.3) is 0 Å². The first-order valence-corrected chi connectivity index (χ1v) is 8.11. The number of ether oxygens (including phenoxy) is 2. The molecule has 0 N–H and O–H groups in total. The molecule has 1 aromatic rings. The van der Waals surface area contributed by atoms with Crippen molar-refractivity contribution in [1.29, 1.82) is 0 Å². The monoisotopic (exact) mass is 306 g/mol. The van der Waals surface area contributed by atoms with E-state index in [2.05, 4.69) is 24.8 Å². The zero-order valence-corrected chi connectivity index (χ0v) is 13.6. The molecule has 0 radical (unpaired) electrons. The first-order chi connectivity index (χ1) is 10.2. The minimum atomic E-state index is 0.260. The largest absolute Gasteiger partial charge is 0.490 e. The highest BCUT2D eigenvalue weighted by molar-refractivity contribution is 6.18. The first-order valence-electron chi connectivity index (χ1n) is 7.58. The second-order valence-electron chi connectivity index (χ2n) is 5.49. The van der Waals surface area contributed by atoms with E-state index in [1.807, 2.05) is 12.1 Å². The van der Waals surface area contributed by atoms with Gasteiger partial charge in [0.15, 0.2) is 0 Å². The van der Waals surface area contributed by atoms with Crippen molar-refractivity contribution in [2.75, 3.05) is 13.0 Å². The van der Waals surface area contributed by atoms with Gasteiger partial charge in [-0.05, 0) is 49.9 Å². The summed E-state index contributed by atoms with van der Waals surface area (Å²) < 4.78 is 11.6. The molecule has 0 amide bonds. The molecule has 2 nitrogen and oxygen atoms in total. The highest BCUT2D eigenvalue weighted by Crippen LogP contribution is 2.27. The maximum absolute atomic E-state index is 6.15. The van der Waals surface area contributed by atoms with E-state index < -0.39 is 0 Å². The normalized spacial score (nSPS) is 21.5. The maximum Gasteiger partial charge on any atom is 0.122 e. The molecule has 1 aliphatic carbocycles. The second-order valence-corrected chi connectivity index (χ2v) is 5.86. The summed E-state index contributed by atoms with van der Waals surface area (Å²) in [7, 11) is 1.78. The molecule has 3 heteroatoms. The van der Waals surface area contributed by atoms with Crippen LogP contribution in [0.2, 0.25) is 0 Å².